The lowest BCUT2D eigenvalue weighted by Crippen LogP contribution is -2.29. The Kier molecular flexibility index (Phi) is 6.58. The van der Waals surface area contributed by atoms with E-state index in [9.17, 15) is 9.59 Å². The first-order valence-electron chi connectivity index (χ1n) is 12.2. The zero-order valence-corrected chi connectivity index (χ0v) is 21.5. The van der Waals surface area contributed by atoms with Crippen LogP contribution < -0.4 is 5.32 Å². The van der Waals surface area contributed by atoms with Gasteiger partial charge in [-0.25, -0.2) is 9.78 Å². The minimum absolute atomic E-state index is 0.122. The maximum Gasteiger partial charge on any atom is 0.339 e. The van der Waals surface area contributed by atoms with E-state index in [1.165, 1.54) is 11.3 Å². The molecule has 1 aliphatic carbocycles. The number of pyridine rings is 1. The van der Waals surface area contributed by atoms with Crippen LogP contribution in [0.1, 0.15) is 48.8 Å². The fourth-order valence-corrected chi connectivity index (χ4v) is 5.53. The van der Waals surface area contributed by atoms with Crippen molar-refractivity contribution in [3.63, 3.8) is 0 Å². The molecular weight excluding hydrogens is 470 g/mol. The lowest BCUT2D eigenvalue weighted by Gasteiger charge is -2.35. The summed E-state index contributed by atoms with van der Waals surface area (Å²) in [7, 11) is 0. The third kappa shape index (κ3) is 5.02. The molecule has 1 N–H and O–H groups in total. The largest absolute Gasteiger partial charge is 0.452 e. The number of amides is 1. The second kappa shape index (κ2) is 9.82. The molecule has 1 amide bonds. The number of nitrogens with one attached hydrogen (secondary N) is 1. The lowest BCUT2D eigenvalue weighted by molar-refractivity contribution is -0.119. The number of esters is 1. The van der Waals surface area contributed by atoms with E-state index < -0.39 is 11.9 Å². The molecule has 184 valence electrons. The number of carbonyl (C=O) groups excluding carboxylic acids is 2. The molecule has 2 aromatic heterocycles. The number of hydrogen-bond acceptors (Lipinski definition) is 6. The zero-order chi connectivity index (χ0) is 25.3. The third-order valence-corrected chi connectivity index (χ3v) is 7.60. The number of hydrogen-bond donors (Lipinski definition) is 1. The molecule has 1 unspecified atom stereocenters. The quantitative estimate of drug-likeness (QED) is 0.326. The van der Waals surface area contributed by atoms with Crippen molar-refractivity contribution in [2.24, 2.45) is 11.3 Å². The normalized spacial score (nSPS) is 15.4. The molecule has 0 bridgehead atoms. The lowest BCUT2D eigenvalue weighted by atomic mass is 9.70. The van der Waals surface area contributed by atoms with Crippen LogP contribution in [0.2, 0.25) is 0 Å². The number of ether oxygens (including phenoxy) is 1. The number of benzene rings is 2. The smallest absolute Gasteiger partial charge is 0.339 e. The first-order chi connectivity index (χ1) is 17.3. The van der Waals surface area contributed by atoms with Gasteiger partial charge in [-0.15, -0.1) is 11.3 Å². The zero-order valence-electron chi connectivity index (χ0n) is 20.7. The Morgan fingerprint density at radius 1 is 1.06 bits per heavy atom. The van der Waals surface area contributed by atoms with E-state index in [2.05, 4.69) is 31.1 Å². The van der Waals surface area contributed by atoms with Gasteiger partial charge in [-0.05, 0) is 42.2 Å². The molecule has 1 aliphatic rings. The first kappa shape index (κ1) is 24.1. The summed E-state index contributed by atoms with van der Waals surface area (Å²) < 4.78 is 5.55. The number of para-hydroxylation sites is 1. The summed E-state index contributed by atoms with van der Waals surface area (Å²) in [6, 6.07) is 17.4. The van der Waals surface area contributed by atoms with E-state index in [1.807, 2.05) is 60.0 Å². The van der Waals surface area contributed by atoms with Crippen LogP contribution in [-0.2, 0) is 22.4 Å². The summed E-state index contributed by atoms with van der Waals surface area (Å²) in [5.41, 5.74) is 5.12. The van der Waals surface area contributed by atoms with Crippen LogP contribution in [0.15, 0.2) is 60.0 Å². The van der Waals surface area contributed by atoms with Crippen molar-refractivity contribution < 1.29 is 14.3 Å². The van der Waals surface area contributed by atoms with Crippen LogP contribution in [0.3, 0.4) is 0 Å². The molecule has 0 fully saturated rings. The Morgan fingerprint density at radius 3 is 2.58 bits per heavy atom. The maximum absolute atomic E-state index is 13.4. The van der Waals surface area contributed by atoms with Crippen molar-refractivity contribution in [1.29, 1.82) is 0 Å². The molecule has 36 heavy (non-hydrogen) atoms. The van der Waals surface area contributed by atoms with Crippen LogP contribution in [0.25, 0.3) is 22.2 Å². The number of thiazole rings is 1. The molecule has 7 heteroatoms. The molecule has 2 heterocycles. The van der Waals surface area contributed by atoms with E-state index in [0.717, 1.165) is 52.7 Å². The van der Waals surface area contributed by atoms with Crippen LogP contribution in [0.5, 0.6) is 0 Å². The Labute approximate surface area is 214 Å². The molecule has 0 radical (unpaired) electrons. The molecule has 4 aromatic rings. The van der Waals surface area contributed by atoms with E-state index >= 15 is 0 Å². The molecule has 0 saturated carbocycles. The molecule has 0 aliphatic heterocycles. The molecule has 2 aromatic carbocycles. The average Bonchev–Trinajstić information content (AvgIpc) is 3.34. The summed E-state index contributed by atoms with van der Waals surface area (Å²) in [6.07, 6.45) is 2.64. The highest BCUT2D eigenvalue weighted by atomic mass is 32.1. The summed E-state index contributed by atoms with van der Waals surface area (Å²) >= 11 is 1.33. The van der Waals surface area contributed by atoms with Crippen molar-refractivity contribution in [3.8, 4) is 11.3 Å². The third-order valence-electron chi connectivity index (χ3n) is 6.84. The Bertz CT molecular complexity index is 1420. The highest BCUT2D eigenvalue weighted by Gasteiger charge is 2.33. The van der Waals surface area contributed by atoms with Crippen molar-refractivity contribution in [2.45, 2.75) is 40.0 Å². The highest BCUT2D eigenvalue weighted by molar-refractivity contribution is 7.14. The van der Waals surface area contributed by atoms with Crippen LogP contribution in [0.4, 0.5) is 5.13 Å². The van der Waals surface area contributed by atoms with Crippen molar-refractivity contribution in [1.82, 2.24) is 9.97 Å². The van der Waals surface area contributed by atoms with E-state index in [0.29, 0.717) is 16.6 Å². The highest BCUT2D eigenvalue weighted by Crippen LogP contribution is 2.39. The Hall–Kier alpha value is -3.58. The molecule has 0 spiro atoms. The second-order valence-corrected chi connectivity index (χ2v) is 11.1. The van der Waals surface area contributed by atoms with Gasteiger partial charge >= 0.3 is 5.97 Å². The number of aromatic nitrogens is 2. The molecule has 0 saturated heterocycles. The van der Waals surface area contributed by atoms with Gasteiger partial charge in [0, 0.05) is 22.0 Å². The number of rotatable bonds is 5. The Balaban J connectivity index is 1.33. The number of aryl methyl sites for hydroxylation is 1. The van der Waals surface area contributed by atoms with Gasteiger partial charge in [0.2, 0.25) is 0 Å². The van der Waals surface area contributed by atoms with Gasteiger partial charge in [0.1, 0.15) is 0 Å². The van der Waals surface area contributed by atoms with Crippen molar-refractivity contribution >= 4 is 39.2 Å². The van der Waals surface area contributed by atoms with E-state index in [1.54, 1.807) is 0 Å². The summed E-state index contributed by atoms with van der Waals surface area (Å²) in [6.45, 7) is 6.33. The monoisotopic (exact) mass is 499 g/mol. The van der Waals surface area contributed by atoms with Gasteiger partial charge in [0.15, 0.2) is 11.7 Å². The van der Waals surface area contributed by atoms with Crippen LogP contribution in [-0.4, -0.2) is 28.5 Å². The average molecular weight is 500 g/mol. The molecular formula is C29H29N3O3S. The van der Waals surface area contributed by atoms with Crippen LogP contribution in [0, 0.1) is 11.3 Å². The SMILES string of the molecule is CC(C)(C)C1CCc2nc3ccccc3c(C(=O)OCC(=O)Nc3nc(-c4ccccc4)cs3)c2C1. The molecule has 1 atom stereocenters. The topological polar surface area (TPSA) is 81.2 Å². The van der Waals surface area contributed by atoms with Crippen molar-refractivity contribution in [3.05, 3.63) is 76.8 Å². The maximum atomic E-state index is 13.4. The summed E-state index contributed by atoms with van der Waals surface area (Å²) in [5, 5.41) is 5.87. The minimum atomic E-state index is -0.487. The van der Waals surface area contributed by atoms with E-state index in [4.69, 9.17) is 9.72 Å². The summed E-state index contributed by atoms with van der Waals surface area (Å²) in [5.74, 6) is -0.470. The number of fused-ring (bicyclic) bond motifs is 2. The number of carbonyl (C=O) groups is 2. The van der Waals surface area contributed by atoms with Gasteiger partial charge in [-0.1, -0.05) is 69.3 Å². The molecule has 5 rings (SSSR count). The number of nitrogens with zero attached hydrogens (tertiary/aromatic N) is 2. The van der Waals surface area contributed by atoms with Gasteiger partial charge in [-0.2, -0.15) is 0 Å². The predicted molar refractivity (Wildman–Crippen MR) is 143 cm³/mol. The van der Waals surface area contributed by atoms with Gasteiger partial charge in [0.25, 0.3) is 5.91 Å². The van der Waals surface area contributed by atoms with E-state index in [-0.39, 0.29) is 12.0 Å². The predicted octanol–water partition coefficient (Wildman–Crippen LogP) is 6.30. The van der Waals surface area contributed by atoms with Gasteiger partial charge in [0.05, 0.1) is 16.8 Å². The van der Waals surface area contributed by atoms with Gasteiger partial charge < -0.3 is 4.74 Å². The fourth-order valence-electron chi connectivity index (χ4n) is 4.79. The Morgan fingerprint density at radius 2 is 1.81 bits per heavy atom. The van der Waals surface area contributed by atoms with Crippen molar-refractivity contribution in [2.75, 3.05) is 11.9 Å². The molecule has 6 nitrogen and oxygen atoms in total. The second-order valence-electron chi connectivity index (χ2n) is 10.3. The summed E-state index contributed by atoms with van der Waals surface area (Å²) in [4.78, 5) is 35.3. The fraction of sp³-hybridized carbons (Fsp3) is 0.310. The number of anilines is 1. The standard InChI is InChI=1S/C29H29N3O3S/c1-29(2,3)19-13-14-23-21(15-19)26(20-11-7-8-12-22(20)30-23)27(34)35-16-25(33)32-28-31-24(17-36-28)18-9-5-4-6-10-18/h4-12,17,19H,13-16H2,1-3H3,(H,31,32,33). The van der Waals surface area contributed by atoms with Crippen LogP contribution >= 0.6 is 11.3 Å². The van der Waals surface area contributed by atoms with Gasteiger partial charge in [-0.3, -0.25) is 15.1 Å². The first-order valence-corrected chi connectivity index (χ1v) is 13.1. The minimum Gasteiger partial charge on any atom is -0.452 e.